The van der Waals surface area contributed by atoms with E-state index in [2.05, 4.69) is 10.6 Å². The fourth-order valence-electron chi connectivity index (χ4n) is 3.95. The number of carbonyl (C=O) groups is 2. The van der Waals surface area contributed by atoms with Gasteiger partial charge in [-0.2, -0.15) is 0 Å². The maximum absolute atomic E-state index is 13.3. The van der Waals surface area contributed by atoms with E-state index in [4.69, 9.17) is 0 Å². The zero-order valence-corrected chi connectivity index (χ0v) is 16.5. The van der Waals surface area contributed by atoms with Crippen LogP contribution in [0.5, 0.6) is 0 Å². The number of nitro benzene ring substituents is 1. The highest BCUT2D eigenvalue weighted by atomic mass is 19.1. The summed E-state index contributed by atoms with van der Waals surface area (Å²) in [4.78, 5) is 34.8. The fourth-order valence-corrected chi connectivity index (χ4v) is 3.95. The van der Waals surface area contributed by atoms with Crippen LogP contribution in [0.25, 0.3) is 0 Å². The van der Waals surface area contributed by atoms with Crippen molar-refractivity contribution in [2.75, 3.05) is 13.1 Å². The molecule has 0 atom stereocenters. The molecular formula is C22H24FN3O4. The summed E-state index contributed by atoms with van der Waals surface area (Å²) in [6, 6.07) is 11.8. The Bertz CT molecular complexity index is 924. The Kier molecular flexibility index (Phi) is 6.76. The zero-order valence-electron chi connectivity index (χ0n) is 16.5. The molecule has 0 aliphatic heterocycles. The number of amides is 2. The van der Waals surface area contributed by atoms with Gasteiger partial charge in [0.2, 0.25) is 5.91 Å². The Morgan fingerprint density at radius 2 is 1.73 bits per heavy atom. The lowest BCUT2D eigenvalue weighted by Crippen LogP contribution is -2.45. The van der Waals surface area contributed by atoms with Crippen molar-refractivity contribution < 1.29 is 18.9 Å². The fraction of sp³-hybridized carbons (Fsp3) is 0.364. The molecule has 0 unspecified atom stereocenters. The number of rotatable bonds is 7. The van der Waals surface area contributed by atoms with Crippen molar-refractivity contribution >= 4 is 17.5 Å². The van der Waals surface area contributed by atoms with Gasteiger partial charge in [-0.3, -0.25) is 19.7 Å². The molecule has 2 aromatic carbocycles. The molecular weight excluding hydrogens is 389 g/mol. The summed E-state index contributed by atoms with van der Waals surface area (Å²) in [7, 11) is 0. The smallest absolute Gasteiger partial charge is 0.270 e. The minimum atomic E-state index is -0.581. The molecule has 2 amide bonds. The molecule has 1 aliphatic carbocycles. The second-order valence-corrected chi connectivity index (χ2v) is 7.61. The average Bonchev–Trinajstić information content (AvgIpc) is 2.77. The number of nitro groups is 1. The second kappa shape index (κ2) is 9.47. The normalized spacial score (nSPS) is 15.2. The highest BCUT2D eigenvalue weighted by Crippen LogP contribution is 2.39. The van der Waals surface area contributed by atoms with Gasteiger partial charge in [0.05, 0.1) is 11.5 Å². The van der Waals surface area contributed by atoms with Gasteiger partial charge in [0, 0.05) is 29.7 Å². The van der Waals surface area contributed by atoms with E-state index in [1.54, 1.807) is 12.1 Å². The monoisotopic (exact) mass is 413 g/mol. The first-order valence-corrected chi connectivity index (χ1v) is 9.95. The molecule has 1 fully saturated rings. The average molecular weight is 413 g/mol. The third-order valence-electron chi connectivity index (χ3n) is 5.62. The predicted octanol–water partition coefficient (Wildman–Crippen LogP) is 3.48. The Labute approximate surface area is 173 Å². The van der Waals surface area contributed by atoms with Gasteiger partial charge in [0.25, 0.3) is 11.6 Å². The molecule has 0 aromatic heterocycles. The summed E-state index contributed by atoms with van der Waals surface area (Å²) in [5, 5.41) is 16.2. The molecule has 3 rings (SSSR count). The van der Waals surface area contributed by atoms with E-state index in [0.29, 0.717) is 6.54 Å². The molecule has 1 aliphatic rings. The van der Waals surface area contributed by atoms with Crippen LogP contribution in [0.3, 0.4) is 0 Å². The van der Waals surface area contributed by atoms with Crippen LogP contribution in [0.1, 0.15) is 48.0 Å². The summed E-state index contributed by atoms with van der Waals surface area (Å²) < 4.78 is 13.3. The molecule has 2 N–H and O–H groups in total. The van der Waals surface area contributed by atoms with Crippen LogP contribution in [0.15, 0.2) is 48.5 Å². The van der Waals surface area contributed by atoms with Crippen molar-refractivity contribution in [2.24, 2.45) is 0 Å². The summed E-state index contributed by atoms with van der Waals surface area (Å²) in [5.41, 5.74) is 0.688. The molecule has 0 spiro atoms. The minimum absolute atomic E-state index is 0.118. The zero-order chi connectivity index (χ0) is 21.6. The molecule has 0 saturated heterocycles. The largest absolute Gasteiger partial charge is 0.354 e. The van der Waals surface area contributed by atoms with Gasteiger partial charge in [-0.1, -0.05) is 37.5 Å². The number of nitrogens with zero attached hydrogens (tertiary/aromatic N) is 1. The molecule has 30 heavy (non-hydrogen) atoms. The maximum Gasteiger partial charge on any atom is 0.270 e. The first-order valence-electron chi connectivity index (χ1n) is 9.95. The van der Waals surface area contributed by atoms with Crippen molar-refractivity contribution in [2.45, 2.75) is 37.5 Å². The SMILES string of the molecule is O=C(CNC(=O)c1cccc([N+](=O)[O-])c1)NCC1(c2ccc(F)cc2)CCCCC1. The molecule has 0 heterocycles. The molecule has 2 aromatic rings. The molecule has 0 radical (unpaired) electrons. The summed E-state index contributed by atoms with van der Waals surface area (Å²) in [6.45, 7) is 0.172. The van der Waals surface area contributed by atoms with Crippen molar-refractivity contribution in [1.82, 2.24) is 10.6 Å². The molecule has 158 valence electrons. The topological polar surface area (TPSA) is 101 Å². The number of nitrogens with one attached hydrogen (secondary N) is 2. The Hall–Kier alpha value is -3.29. The van der Waals surface area contributed by atoms with E-state index in [0.717, 1.165) is 37.7 Å². The summed E-state index contributed by atoms with van der Waals surface area (Å²) in [6.07, 6.45) is 5.02. The lowest BCUT2D eigenvalue weighted by atomic mass is 9.69. The Morgan fingerprint density at radius 1 is 1.03 bits per heavy atom. The number of hydrogen-bond donors (Lipinski definition) is 2. The van der Waals surface area contributed by atoms with E-state index < -0.39 is 10.8 Å². The minimum Gasteiger partial charge on any atom is -0.354 e. The van der Waals surface area contributed by atoms with Crippen LogP contribution in [0.2, 0.25) is 0 Å². The van der Waals surface area contributed by atoms with E-state index in [-0.39, 0.29) is 34.9 Å². The Balaban J connectivity index is 1.58. The Morgan fingerprint density at radius 3 is 2.40 bits per heavy atom. The van der Waals surface area contributed by atoms with E-state index in [1.807, 2.05) is 0 Å². The number of non-ortho nitro benzene ring substituents is 1. The van der Waals surface area contributed by atoms with Gasteiger partial charge in [-0.25, -0.2) is 4.39 Å². The molecule has 1 saturated carbocycles. The van der Waals surface area contributed by atoms with Crippen molar-refractivity contribution in [3.8, 4) is 0 Å². The maximum atomic E-state index is 13.3. The van der Waals surface area contributed by atoms with E-state index >= 15 is 0 Å². The molecule has 7 nitrogen and oxygen atoms in total. The summed E-state index contributed by atoms with van der Waals surface area (Å²) in [5.74, 6) is -1.20. The second-order valence-electron chi connectivity index (χ2n) is 7.61. The van der Waals surface area contributed by atoms with Gasteiger partial charge < -0.3 is 10.6 Å². The van der Waals surface area contributed by atoms with Crippen molar-refractivity contribution in [3.63, 3.8) is 0 Å². The lowest BCUT2D eigenvalue weighted by Gasteiger charge is -2.38. The first-order chi connectivity index (χ1) is 14.4. The predicted molar refractivity (Wildman–Crippen MR) is 110 cm³/mol. The molecule has 0 bridgehead atoms. The summed E-state index contributed by atoms with van der Waals surface area (Å²) >= 11 is 0. The highest BCUT2D eigenvalue weighted by molar-refractivity contribution is 5.96. The number of benzene rings is 2. The van der Waals surface area contributed by atoms with Crippen LogP contribution in [0.4, 0.5) is 10.1 Å². The van der Waals surface area contributed by atoms with Crippen molar-refractivity contribution in [3.05, 3.63) is 75.6 Å². The quantitative estimate of drug-likeness (QED) is 0.536. The van der Waals surface area contributed by atoms with Gasteiger partial charge >= 0.3 is 0 Å². The van der Waals surface area contributed by atoms with Gasteiger partial charge in [-0.15, -0.1) is 0 Å². The number of hydrogen-bond acceptors (Lipinski definition) is 4. The van der Waals surface area contributed by atoms with E-state index in [1.165, 1.54) is 36.4 Å². The van der Waals surface area contributed by atoms with Gasteiger partial charge in [-0.05, 0) is 36.6 Å². The van der Waals surface area contributed by atoms with Gasteiger partial charge in [0.1, 0.15) is 5.82 Å². The highest BCUT2D eigenvalue weighted by Gasteiger charge is 2.34. The van der Waals surface area contributed by atoms with Crippen LogP contribution >= 0.6 is 0 Å². The number of halogens is 1. The first kappa shape index (κ1) is 21.4. The third kappa shape index (κ3) is 5.20. The van der Waals surface area contributed by atoms with Gasteiger partial charge in [0.15, 0.2) is 0 Å². The third-order valence-corrected chi connectivity index (χ3v) is 5.62. The van der Waals surface area contributed by atoms with Crippen LogP contribution in [-0.2, 0) is 10.2 Å². The molecule has 8 heteroatoms. The number of carbonyl (C=O) groups excluding carboxylic acids is 2. The van der Waals surface area contributed by atoms with Crippen LogP contribution < -0.4 is 10.6 Å². The standard InChI is InChI=1S/C22H24FN3O4/c23-18-9-7-17(8-10-18)22(11-2-1-3-12-22)15-25-20(27)14-24-21(28)16-5-4-6-19(13-16)26(29)30/h4-10,13H,1-3,11-12,14-15H2,(H,24,28)(H,25,27). The van der Waals surface area contributed by atoms with Crippen LogP contribution in [0, 0.1) is 15.9 Å². The van der Waals surface area contributed by atoms with Crippen LogP contribution in [-0.4, -0.2) is 29.8 Å². The lowest BCUT2D eigenvalue weighted by molar-refractivity contribution is -0.384. The van der Waals surface area contributed by atoms with Crippen molar-refractivity contribution in [1.29, 1.82) is 0 Å². The van der Waals surface area contributed by atoms with E-state index in [9.17, 15) is 24.1 Å².